The Balaban J connectivity index is 1.92. The van der Waals surface area contributed by atoms with Crippen LogP contribution in [0, 0.1) is 5.92 Å². The standard InChI is InChI=1S/C15H19ClN2O3/c16-13-4-2-1-3-12(13)9-18(8-11-5-6-11)10-14(19)17-7-15(20)21/h1-4,11H,5-10H2,(H,17,19)(H,20,21). The molecular formula is C15H19ClN2O3. The van der Waals surface area contributed by atoms with E-state index in [-0.39, 0.29) is 19.0 Å². The monoisotopic (exact) mass is 310 g/mol. The molecule has 0 spiro atoms. The molecule has 1 aliphatic rings. The topological polar surface area (TPSA) is 69.6 Å². The molecule has 0 atom stereocenters. The van der Waals surface area contributed by atoms with Crippen LogP contribution in [0.1, 0.15) is 18.4 Å². The second-order valence-electron chi connectivity index (χ2n) is 5.37. The number of aliphatic carboxylic acids is 1. The van der Waals surface area contributed by atoms with Gasteiger partial charge in [-0.05, 0) is 30.4 Å². The van der Waals surface area contributed by atoms with Gasteiger partial charge in [0.05, 0.1) is 6.54 Å². The van der Waals surface area contributed by atoms with Crippen molar-refractivity contribution < 1.29 is 14.7 Å². The maximum absolute atomic E-state index is 11.8. The third-order valence-electron chi connectivity index (χ3n) is 3.37. The Morgan fingerprint density at radius 2 is 2.05 bits per heavy atom. The van der Waals surface area contributed by atoms with Crippen LogP contribution >= 0.6 is 11.6 Å². The summed E-state index contributed by atoms with van der Waals surface area (Å²) in [5.41, 5.74) is 0.978. The van der Waals surface area contributed by atoms with Gasteiger partial charge in [0.2, 0.25) is 5.91 Å². The molecule has 1 aliphatic carbocycles. The van der Waals surface area contributed by atoms with E-state index in [9.17, 15) is 9.59 Å². The van der Waals surface area contributed by atoms with Gasteiger partial charge in [-0.25, -0.2) is 0 Å². The van der Waals surface area contributed by atoms with Gasteiger partial charge >= 0.3 is 5.97 Å². The summed E-state index contributed by atoms with van der Waals surface area (Å²) in [5.74, 6) is -0.673. The number of hydrogen-bond donors (Lipinski definition) is 2. The van der Waals surface area contributed by atoms with E-state index in [0.29, 0.717) is 17.5 Å². The minimum atomic E-state index is -1.04. The molecular weight excluding hydrogens is 292 g/mol. The molecule has 0 unspecified atom stereocenters. The lowest BCUT2D eigenvalue weighted by molar-refractivity contribution is -0.138. The van der Waals surface area contributed by atoms with Crippen molar-refractivity contribution in [3.05, 3.63) is 34.9 Å². The molecule has 0 aliphatic heterocycles. The first kappa shape index (κ1) is 15.8. The van der Waals surface area contributed by atoms with Crippen LogP contribution in [0.4, 0.5) is 0 Å². The highest BCUT2D eigenvalue weighted by molar-refractivity contribution is 6.31. The first-order chi connectivity index (χ1) is 10.0. The third-order valence-corrected chi connectivity index (χ3v) is 3.74. The molecule has 1 aromatic rings. The summed E-state index contributed by atoms with van der Waals surface area (Å²) in [6.45, 7) is 1.28. The van der Waals surface area contributed by atoms with E-state index in [0.717, 1.165) is 12.1 Å². The SMILES string of the molecule is O=C(O)CNC(=O)CN(Cc1ccccc1Cl)CC1CC1. The Morgan fingerprint density at radius 1 is 1.33 bits per heavy atom. The normalized spacial score (nSPS) is 14.2. The van der Waals surface area contributed by atoms with Gasteiger partial charge in [0, 0.05) is 18.1 Å². The van der Waals surface area contributed by atoms with Gasteiger partial charge in [-0.2, -0.15) is 0 Å². The number of rotatable bonds is 8. The molecule has 1 fully saturated rings. The van der Waals surface area contributed by atoms with Gasteiger partial charge in [-0.1, -0.05) is 29.8 Å². The summed E-state index contributed by atoms with van der Waals surface area (Å²) < 4.78 is 0. The fraction of sp³-hybridized carbons (Fsp3) is 0.467. The maximum atomic E-state index is 11.8. The van der Waals surface area contributed by atoms with Crippen LogP contribution in [-0.2, 0) is 16.1 Å². The first-order valence-electron chi connectivity index (χ1n) is 6.99. The van der Waals surface area contributed by atoms with Gasteiger partial charge in [0.15, 0.2) is 0 Å². The number of nitrogens with one attached hydrogen (secondary N) is 1. The number of carbonyl (C=O) groups is 2. The molecule has 0 bridgehead atoms. The van der Waals surface area contributed by atoms with Crippen LogP contribution in [0.15, 0.2) is 24.3 Å². The Morgan fingerprint density at radius 3 is 2.67 bits per heavy atom. The number of carbonyl (C=O) groups excluding carboxylic acids is 1. The average molecular weight is 311 g/mol. The van der Waals surface area contributed by atoms with Gasteiger partial charge in [0.1, 0.15) is 6.54 Å². The first-order valence-corrected chi connectivity index (χ1v) is 7.36. The second-order valence-corrected chi connectivity index (χ2v) is 5.78. The highest BCUT2D eigenvalue weighted by Gasteiger charge is 2.25. The number of halogens is 1. The molecule has 6 heteroatoms. The van der Waals surface area contributed by atoms with Gasteiger partial charge < -0.3 is 10.4 Å². The fourth-order valence-electron chi connectivity index (χ4n) is 2.15. The zero-order chi connectivity index (χ0) is 15.2. The van der Waals surface area contributed by atoms with Crippen LogP contribution in [0.25, 0.3) is 0 Å². The van der Waals surface area contributed by atoms with E-state index in [1.54, 1.807) is 0 Å². The molecule has 5 nitrogen and oxygen atoms in total. The highest BCUT2D eigenvalue weighted by Crippen LogP contribution is 2.30. The van der Waals surface area contributed by atoms with E-state index in [1.165, 1.54) is 12.8 Å². The Hall–Kier alpha value is -1.59. The van der Waals surface area contributed by atoms with Crippen LogP contribution in [0.2, 0.25) is 5.02 Å². The predicted molar refractivity (Wildman–Crippen MR) is 80.1 cm³/mol. The largest absolute Gasteiger partial charge is 0.480 e. The second kappa shape index (κ2) is 7.43. The van der Waals surface area contributed by atoms with Crippen LogP contribution < -0.4 is 5.32 Å². The lowest BCUT2D eigenvalue weighted by Gasteiger charge is -2.22. The fourth-order valence-corrected chi connectivity index (χ4v) is 2.35. The molecule has 21 heavy (non-hydrogen) atoms. The lowest BCUT2D eigenvalue weighted by atomic mass is 10.2. The van der Waals surface area contributed by atoms with E-state index >= 15 is 0 Å². The van der Waals surface area contributed by atoms with Crippen molar-refractivity contribution in [2.45, 2.75) is 19.4 Å². The number of benzene rings is 1. The Labute approximate surface area is 128 Å². The highest BCUT2D eigenvalue weighted by atomic mass is 35.5. The van der Waals surface area contributed by atoms with Crippen molar-refractivity contribution in [1.82, 2.24) is 10.2 Å². The summed E-state index contributed by atoms with van der Waals surface area (Å²) >= 11 is 6.15. The summed E-state index contributed by atoms with van der Waals surface area (Å²) in [6, 6.07) is 7.56. The molecule has 0 radical (unpaired) electrons. The molecule has 2 N–H and O–H groups in total. The van der Waals surface area contributed by atoms with E-state index < -0.39 is 5.97 Å². The van der Waals surface area contributed by atoms with Crippen molar-refractivity contribution in [2.75, 3.05) is 19.6 Å². The number of amides is 1. The summed E-state index contributed by atoms with van der Waals surface area (Å²) in [4.78, 5) is 24.3. The van der Waals surface area contributed by atoms with E-state index in [4.69, 9.17) is 16.7 Å². The Bertz CT molecular complexity index is 517. The minimum Gasteiger partial charge on any atom is -0.480 e. The maximum Gasteiger partial charge on any atom is 0.322 e. The smallest absolute Gasteiger partial charge is 0.322 e. The zero-order valence-electron chi connectivity index (χ0n) is 11.7. The molecule has 0 aromatic heterocycles. The molecule has 1 amide bonds. The van der Waals surface area contributed by atoms with Crippen LogP contribution in [0.3, 0.4) is 0 Å². The average Bonchev–Trinajstić information content (AvgIpc) is 3.23. The number of nitrogens with zero attached hydrogens (tertiary/aromatic N) is 1. The van der Waals surface area contributed by atoms with E-state index in [2.05, 4.69) is 5.32 Å². The van der Waals surface area contributed by atoms with Gasteiger partial charge in [-0.15, -0.1) is 0 Å². The molecule has 1 saturated carbocycles. The number of carboxylic acid groups (broad SMARTS) is 1. The van der Waals surface area contributed by atoms with Crippen LogP contribution in [0.5, 0.6) is 0 Å². The van der Waals surface area contributed by atoms with Gasteiger partial charge in [0.25, 0.3) is 0 Å². The number of carboxylic acids is 1. The van der Waals surface area contributed by atoms with Crippen molar-refractivity contribution in [1.29, 1.82) is 0 Å². The van der Waals surface area contributed by atoms with Crippen molar-refractivity contribution in [3.63, 3.8) is 0 Å². The third kappa shape index (κ3) is 5.73. The minimum absolute atomic E-state index is 0.189. The molecule has 1 aromatic carbocycles. The van der Waals surface area contributed by atoms with Gasteiger partial charge in [-0.3, -0.25) is 14.5 Å². The van der Waals surface area contributed by atoms with E-state index in [1.807, 2.05) is 29.2 Å². The predicted octanol–water partition coefficient (Wildman–Crippen LogP) is 1.75. The Kier molecular flexibility index (Phi) is 5.59. The lowest BCUT2D eigenvalue weighted by Crippen LogP contribution is -2.39. The molecule has 2 rings (SSSR count). The van der Waals surface area contributed by atoms with Crippen molar-refractivity contribution in [2.24, 2.45) is 5.92 Å². The molecule has 0 saturated heterocycles. The van der Waals surface area contributed by atoms with Crippen molar-refractivity contribution in [3.8, 4) is 0 Å². The quantitative estimate of drug-likeness (QED) is 0.767. The summed E-state index contributed by atoms with van der Waals surface area (Å²) in [5, 5.41) is 11.7. The van der Waals surface area contributed by atoms with Crippen LogP contribution in [-0.4, -0.2) is 41.5 Å². The summed E-state index contributed by atoms with van der Waals surface area (Å²) in [6.07, 6.45) is 2.38. The molecule has 0 heterocycles. The molecule has 114 valence electrons. The van der Waals surface area contributed by atoms with Crippen molar-refractivity contribution >= 4 is 23.5 Å². The number of hydrogen-bond acceptors (Lipinski definition) is 3. The summed E-state index contributed by atoms with van der Waals surface area (Å²) in [7, 11) is 0. The zero-order valence-corrected chi connectivity index (χ0v) is 12.5.